The molecule has 0 atom stereocenters. The minimum absolute atomic E-state index is 0.608. The molecule has 62 valence electrons. The number of aryl methyl sites for hydroxylation is 1. The van der Waals surface area contributed by atoms with Gasteiger partial charge >= 0.3 is 0 Å². The summed E-state index contributed by atoms with van der Waals surface area (Å²) < 4.78 is 0. The third-order valence-corrected chi connectivity index (χ3v) is 1.49. The molecule has 1 rings (SSSR count). The van der Waals surface area contributed by atoms with Crippen molar-refractivity contribution in [3.05, 3.63) is 23.4 Å². The van der Waals surface area contributed by atoms with E-state index in [0.717, 1.165) is 12.1 Å². The molecule has 0 aliphatic rings. The molecular weight excluding hydrogens is 150 g/mol. The van der Waals surface area contributed by atoms with Crippen LogP contribution in [0.2, 0.25) is 0 Å². The van der Waals surface area contributed by atoms with Gasteiger partial charge in [-0.05, 0) is 25.5 Å². The average Bonchev–Trinajstić information content (AvgIpc) is 2.08. The number of aromatic nitrogens is 1. The number of nitrogens with one attached hydrogen (secondary N) is 1. The summed E-state index contributed by atoms with van der Waals surface area (Å²) in [5, 5.41) is 11.8. The van der Waals surface area contributed by atoms with Crippen molar-refractivity contribution < 1.29 is 0 Å². The maximum absolute atomic E-state index is 8.74. The van der Waals surface area contributed by atoms with Gasteiger partial charge in [-0.3, -0.25) is 0 Å². The monoisotopic (exact) mass is 161 g/mol. The summed E-state index contributed by atoms with van der Waals surface area (Å²) in [6.45, 7) is 4.68. The van der Waals surface area contributed by atoms with Crippen LogP contribution in [0.3, 0.4) is 0 Å². The summed E-state index contributed by atoms with van der Waals surface area (Å²) in [5.74, 6) is 0.672. The number of hydrogen-bond donors (Lipinski definition) is 1. The Morgan fingerprint density at radius 3 is 3.00 bits per heavy atom. The van der Waals surface area contributed by atoms with Gasteiger partial charge < -0.3 is 5.32 Å². The molecule has 0 spiro atoms. The van der Waals surface area contributed by atoms with Crippen LogP contribution in [0, 0.1) is 18.3 Å². The number of nitriles is 1. The fourth-order valence-electron chi connectivity index (χ4n) is 0.963. The number of rotatable bonds is 2. The predicted molar refractivity (Wildman–Crippen MR) is 47.9 cm³/mol. The summed E-state index contributed by atoms with van der Waals surface area (Å²) in [6, 6.07) is 3.92. The smallest absolute Gasteiger partial charge is 0.143 e. The zero-order chi connectivity index (χ0) is 8.97. The Balaban J connectivity index is 3.05. The molecule has 0 amide bonds. The first-order chi connectivity index (χ1) is 5.77. The Morgan fingerprint density at radius 1 is 1.67 bits per heavy atom. The second-order valence-electron chi connectivity index (χ2n) is 2.55. The Bertz CT molecular complexity index is 312. The lowest BCUT2D eigenvalue weighted by atomic mass is 10.2. The number of anilines is 1. The van der Waals surface area contributed by atoms with Crippen LogP contribution >= 0.6 is 0 Å². The van der Waals surface area contributed by atoms with E-state index in [1.165, 1.54) is 0 Å². The fraction of sp³-hybridized carbons (Fsp3) is 0.333. The number of nitrogens with zero attached hydrogens (tertiary/aromatic N) is 2. The predicted octanol–water partition coefficient (Wildman–Crippen LogP) is 1.69. The van der Waals surface area contributed by atoms with Gasteiger partial charge in [-0.2, -0.15) is 5.26 Å². The standard InChI is InChI=1S/C9H11N3/c1-3-11-9-8(5-10)4-7(2)6-12-9/h4,6H,3H2,1-2H3,(H,11,12). The van der Waals surface area contributed by atoms with E-state index in [1.807, 2.05) is 19.9 Å². The van der Waals surface area contributed by atoms with Crippen LogP contribution in [0.25, 0.3) is 0 Å². The molecule has 0 saturated carbocycles. The van der Waals surface area contributed by atoms with Crippen molar-refractivity contribution in [1.82, 2.24) is 4.98 Å². The maximum Gasteiger partial charge on any atom is 0.143 e. The van der Waals surface area contributed by atoms with Gasteiger partial charge in [0, 0.05) is 12.7 Å². The Morgan fingerprint density at radius 2 is 2.42 bits per heavy atom. The highest BCUT2D eigenvalue weighted by atomic mass is 15.0. The molecule has 0 radical (unpaired) electrons. The molecule has 3 nitrogen and oxygen atoms in total. The van der Waals surface area contributed by atoms with Crippen LogP contribution in [0.5, 0.6) is 0 Å². The zero-order valence-corrected chi connectivity index (χ0v) is 7.26. The molecule has 0 unspecified atom stereocenters. The van der Waals surface area contributed by atoms with Gasteiger partial charge in [0.1, 0.15) is 11.9 Å². The molecule has 0 aliphatic heterocycles. The lowest BCUT2D eigenvalue weighted by molar-refractivity contribution is 1.14. The maximum atomic E-state index is 8.74. The molecule has 1 heterocycles. The van der Waals surface area contributed by atoms with Gasteiger partial charge in [0.25, 0.3) is 0 Å². The largest absolute Gasteiger partial charge is 0.369 e. The van der Waals surface area contributed by atoms with Crippen molar-refractivity contribution in [2.75, 3.05) is 11.9 Å². The molecule has 0 aromatic carbocycles. The van der Waals surface area contributed by atoms with Crippen molar-refractivity contribution in [2.45, 2.75) is 13.8 Å². The van der Waals surface area contributed by atoms with Gasteiger partial charge in [-0.15, -0.1) is 0 Å². The SMILES string of the molecule is CCNc1ncc(C)cc1C#N. The molecule has 3 heteroatoms. The lowest BCUT2D eigenvalue weighted by Gasteiger charge is -2.03. The molecule has 0 fully saturated rings. The second-order valence-corrected chi connectivity index (χ2v) is 2.55. The van der Waals surface area contributed by atoms with Gasteiger partial charge in [0.15, 0.2) is 0 Å². The molecule has 1 aromatic rings. The molecule has 0 saturated heterocycles. The van der Waals surface area contributed by atoms with Crippen molar-refractivity contribution in [1.29, 1.82) is 5.26 Å². The van der Waals surface area contributed by atoms with Crippen LogP contribution in [0.15, 0.2) is 12.3 Å². The third kappa shape index (κ3) is 1.73. The molecule has 0 aliphatic carbocycles. The second kappa shape index (κ2) is 3.72. The molecule has 1 aromatic heterocycles. The van der Waals surface area contributed by atoms with Crippen LogP contribution in [0.4, 0.5) is 5.82 Å². The van der Waals surface area contributed by atoms with Crippen molar-refractivity contribution in [3.63, 3.8) is 0 Å². The summed E-state index contributed by atoms with van der Waals surface area (Å²) in [6.07, 6.45) is 1.75. The highest BCUT2D eigenvalue weighted by molar-refractivity contribution is 5.52. The van der Waals surface area contributed by atoms with E-state index in [9.17, 15) is 0 Å². The van der Waals surface area contributed by atoms with Gasteiger partial charge in [-0.1, -0.05) is 0 Å². The fourth-order valence-corrected chi connectivity index (χ4v) is 0.963. The van der Waals surface area contributed by atoms with Gasteiger partial charge in [0.05, 0.1) is 5.56 Å². The summed E-state index contributed by atoms with van der Waals surface area (Å²) in [5.41, 5.74) is 1.62. The van der Waals surface area contributed by atoms with E-state index in [1.54, 1.807) is 6.20 Å². The highest BCUT2D eigenvalue weighted by Crippen LogP contribution is 2.11. The first-order valence-corrected chi connectivity index (χ1v) is 3.88. The normalized spacial score (nSPS) is 9.08. The number of hydrogen-bond acceptors (Lipinski definition) is 3. The van der Waals surface area contributed by atoms with Gasteiger partial charge in [-0.25, -0.2) is 4.98 Å². The highest BCUT2D eigenvalue weighted by Gasteiger charge is 2.00. The van der Waals surface area contributed by atoms with E-state index in [-0.39, 0.29) is 0 Å². The quantitative estimate of drug-likeness (QED) is 0.718. The van der Waals surface area contributed by atoms with Crippen molar-refractivity contribution in [3.8, 4) is 6.07 Å². The molecule has 12 heavy (non-hydrogen) atoms. The van der Waals surface area contributed by atoms with E-state index < -0.39 is 0 Å². The minimum Gasteiger partial charge on any atom is -0.369 e. The van der Waals surface area contributed by atoms with Crippen molar-refractivity contribution in [2.24, 2.45) is 0 Å². The average molecular weight is 161 g/mol. The topological polar surface area (TPSA) is 48.7 Å². The van der Waals surface area contributed by atoms with Crippen LogP contribution in [0.1, 0.15) is 18.1 Å². The third-order valence-electron chi connectivity index (χ3n) is 1.49. The lowest BCUT2D eigenvalue weighted by Crippen LogP contribution is -2.01. The molecule has 0 bridgehead atoms. The Labute approximate surface area is 72.1 Å². The molecular formula is C9H11N3. The van der Waals surface area contributed by atoms with E-state index in [2.05, 4.69) is 16.4 Å². The van der Waals surface area contributed by atoms with Gasteiger partial charge in [0.2, 0.25) is 0 Å². The van der Waals surface area contributed by atoms with E-state index in [4.69, 9.17) is 5.26 Å². The minimum atomic E-state index is 0.608. The Kier molecular flexibility index (Phi) is 2.65. The van der Waals surface area contributed by atoms with Crippen LogP contribution in [-0.4, -0.2) is 11.5 Å². The first-order valence-electron chi connectivity index (χ1n) is 3.88. The molecule has 1 N–H and O–H groups in total. The van der Waals surface area contributed by atoms with Crippen LogP contribution in [-0.2, 0) is 0 Å². The Hall–Kier alpha value is -1.56. The summed E-state index contributed by atoms with van der Waals surface area (Å²) in [4.78, 5) is 4.11. The first kappa shape index (κ1) is 8.54. The van der Waals surface area contributed by atoms with Crippen molar-refractivity contribution >= 4 is 5.82 Å². The van der Waals surface area contributed by atoms with E-state index in [0.29, 0.717) is 11.4 Å². The number of pyridine rings is 1. The summed E-state index contributed by atoms with van der Waals surface area (Å²) in [7, 11) is 0. The summed E-state index contributed by atoms with van der Waals surface area (Å²) >= 11 is 0. The van der Waals surface area contributed by atoms with E-state index >= 15 is 0 Å². The zero-order valence-electron chi connectivity index (χ0n) is 7.26. The van der Waals surface area contributed by atoms with Crippen LogP contribution < -0.4 is 5.32 Å².